The van der Waals surface area contributed by atoms with Gasteiger partial charge in [0.1, 0.15) is 0 Å². The molecule has 0 spiro atoms. The number of nitrogens with zero attached hydrogens (tertiary/aromatic N) is 4. The molecule has 3 rings (SSSR count). The molecule has 6 heteroatoms. The number of piperidine rings is 1. The second-order valence-corrected chi connectivity index (χ2v) is 6.56. The van der Waals surface area contributed by atoms with E-state index in [0.29, 0.717) is 17.9 Å². The normalized spacial score (nSPS) is 22.6. The maximum absolute atomic E-state index is 11.9. The second kappa shape index (κ2) is 7.73. The lowest BCUT2D eigenvalue weighted by molar-refractivity contribution is -0.130. The van der Waals surface area contributed by atoms with E-state index < -0.39 is 0 Å². The molecule has 2 aliphatic rings. The summed E-state index contributed by atoms with van der Waals surface area (Å²) in [6, 6.07) is 0.394. The van der Waals surface area contributed by atoms with Gasteiger partial charge >= 0.3 is 0 Å². The third-order valence-corrected chi connectivity index (χ3v) is 4.68. The summed E-state index contributed by atoms with van der Waals surface area (Å²) >= 11 is 0. The van der Waals surface area contributed by atoms with Gasteiger partial charge in [0, 0.05) is 56.6 Å². The first-order valence-electron chi connectivity index (χ1n) is 8.83. The first kappa shape index (κ1) is 16.2. The van der Waals surface area contributed by atoms with Crippen molar-refractivity contribution in [1.82, 2.24) is 19.8 Å². The van der Waals surface area contributed by atoms with Crippen LogP contribution in [0.1, 0.15) is 44.6 Å². The molecule has 3 heterocycles. The van der Waals surface area contributed by atoms with Gasteiger partial charge in [0.2, 0.25) is 11.9 Å². The Labute approximate surface area is 138 Å². The highest BCUT2D eigenvalue weighted by molar-refractivity contribution is 5.78. The van der Waals surface area contributed by atoms with E-state index in [2.05, 4.69) is 32.0 Å². The number of aromatic nitrogens is 2. The molecule has 0 unspecified atom stereocenters. The van der Waals surface area contributed by atoms with Crippen molar-refractivity contribution in [2.45, 2.75) is 51.6 Å². The molecule has 2 fully saturated rings. The fraction of sp³-hybridized carbons (Fsp3) is 0.706. The van der Waals surface area contributed by atoms with Crippen molar-refractivity contribution in [3.63, 3.8) is 0 Å². The van der Waals surface area contributed by atoms with E-state index in [4.69, 9.17) is 0 Å². The highest BCUT2D eigenvalue weighted by Gasteiger charge is 2.31. The van der Waals surface area contributed by atoms with Crippen LogP contribution in [0.25, 0.3) is 0 Å². The molecule has 0 saturated carbocycles. The number of nitrogens with one attached hydrogen (secondary N) is 1. The molecule has 1 aromatic heterocycles. The average molecular weight is 317 g/mol. The molecule has 0 aliphatic carbocycles. The highest BCUT2D eigenvalue weighted by atomic mass is 16.2. The number of carbonyl (C=O) groups excluding carboxylic acids is 1. The molecular formula is C17H27N5O. The summed E-state index contributed by atoms with van der Waals surface area (Å²) in [5, 5.41) is 3.19. The predicted molar refractivity (Wildman–Crippen MR) is 90.1 cm³/mol. The van der Waals surface area contributed by atoms with Gasteiger partial charge in [-0.25, -0.2) is 9.97 Å². The van der Waals surface area contributed by atoms with Gasteiger partial charge in [-0.15, -0.1) is 0 Å². The fourth-order valence-corrected chi connectivity index (χ4v) is 3.51. The van der Waals surface area contributed by atoms with Gasteiger partial charge in [-0.3, -0.25) is 9.69 Å². The van der Waals surface area contributed by atoms with E-state index >= 15 is 0 Å². The summed E-state index contributed by atoms with van der Waals surface area (Å²) in [6.07, 6.45) is 8.94. The van der Waals surface area contributed by atoms with E-state index in [9.17, 15) is 4.79 Å². The van der Waals surface area contributed by atoms with Crippen LogP contribution in [-0.2, 0) is 11.3 Å². The molecule has 126 valence electrons. The molecule has 2 aliphatic heterocycles. The van der Waals surface area contributed by atoms with Gasteiger partial charge in [-0.1, -0.05) is 6.92 Å². The van der Waals surface area contributed by atoms with Crippen molar-refractivity contribution in [2.24, 2.45) is 0 Å². The molecule has 23 heavy (non-hydrogen) atoms. The van der Waals surface area contributed by atoms with E-state index in [-0.39, 0.29) is 0 Å². The highest BCUT2D eigenvalue weighted by Crippen LogP contribution is 2.22. The standard InChI is InChI=1S/C17H27N5O/c1-2-7-18-17-19-10-14(11-20-17)12-21-8-3-5-15(13-21)22-9-4-6-16(22)23/h10-11,15H,2-9,12-13H2,1H3,(H,18,19,20)/t15-/m0/s1. The lowest BCUT2D eigenvalue weighted by atomic mass is 10.0. The Bertz CT molecular complexity index is 518. The van der Waals surface area contributed by atoms with E-state index in [1.807, 2.05) is 12.4 Å². The molecule has 0 aromatic carbocycles. The lowest BCUT2D eigenvalue weighted by Gasteiger charge is -2.37. The third kappa shape index (κ3) is 4.19. The van der Waals surface area contributed by atoms with Crippen molar-refractivity contribution in [2.75, 3.05) is 31.5 Å². The van der Waals surface area contributed by atoms with Gasteiger partial charge in [0.25, 0.3) is 0 Å². The number of likely N-dealkylation sites (tertiary alicyclic amines) is 2. The van der Waals surface area contributed by atoms with Crippen LogP contribution in [-0.4, -0.2) is 57.9 Å². The number of carbonyl (C=O) groups is 1. The zero-order valence-electron chi connectivity index (χ0n) is 14.0. The van der Waals surface area contributed by atoms with E-state index in [1.54, 1.807) is 0 Å². The van der Waals surface area contributed by atoms with Crippen LogP contribution >= 0.6 is 0 Å². The molecule has 6 nitrogen and oxygen atoms in total. The van der Waals surface area contributed by atoms with Crippen molar-refractivity contribution in [3.05, 3.63) is 18.0 Å². The topological polar surface area (TPSA) is 61.4 Å². The summed E-state index contributed by atoms with van der Waals surface area (Å²) in [5.74, 6) is 1.04. The minimum absolute atomic E-state index is 0.339. The maximum atomic E-state index is 11.9. The summed E-state index contributed by atoms with van der Waals surface area (Å²) in [6.45, 7) is 6.90. The molecule has 1 atom stereocenters. The monoisotopic (exact) mass is 317 g/mol. The van der Waals surface area contributed by atoms with Gasteiger partial charge in [0.05, 0.1) is 0 Å². The van der Waals surface area contributed by atoms with Crippen molar-refractivity contribution in [1.29, 1.82) is 0 Å². The Morgan fingerprint density at radius 1 is 1.26 bits per heavy atom. The molecular weight excluding hydrogens is 290 g/mol. The number of hydrogen-bond donors (Lipinski definition) is 1. The van der Waals surface area contributed by atoms with Gasteiger partial charge < -0.3 is 10.2 Å². The van der Waals surface area contributed by atoms with Crippen LogP contribution in [0.4, 0.5) is 5.95 Å². The van der Waals surface area contributed by atoms with Gasteiger partial charge in [0.15, 0.2) is 0 Å². The summed E-state index contributed by atoms with van der Waals surface area (Å²) in [5.41, 5.74) is 1.14. The Hall–Kier alpha value is -1.69. The SMILES string of the molecule is CCCNc1ncc(CN2CCC[C@H](N3CCCC3=O)C2)cn1. The molecule has 1 amide bonds. The van der Waals surface area contributed by atoms with Crippen molar-refractivity contribution >= 4 is 11.9 Å². The number of anilines is 1. The minimum Gasteiger partial charge on any atom is -0.354 e. The van der Waals surface area contributed by atoms with E-state index in [0.717, 1.165) is 70.4 Å². The quantitative estimate of drug-likeness (QED) is 0.868. The average Bonchev–Trinajstić information content (AvgIpc) is 3.01. The summed E-state index contributed by atoms with van der Waals surface area (Å²) in [7, 11) is 0. The van der Waals surface area contributed by atoms with Crippen LogP contribution < -0.4 is 5.32 Å². The summed E-state index contributed by atoms with van der Waals surface area (Å²) < 4.78 is 0. The summed E-state index contributed by atoms with van der Waals surface area (Å²) in [4.78, 5) is 25.2. The Kier molecular flexibility index (Phi) is 5.43. The number of hydrogen-bond acceptors (Lipinski definition) is 5. The Morgan fingerprint density at radius 2 is 2.09 bits per heavy atom. The van der Waals surface area contributed by atoms with Crippen LogP contribution in [0.2, 0.25) is 0 Å². The van der Waals surface area contributed by atoms with Gasteiger partial charge in [-0.05, 0) is 32.2 Å². The first-order valence-corrected chi connectivity index (χ1v) is 8.83. The van der Waals surface area contributed by atoms with Gasteiger partial charge in [-0.2, -0.15) is 0 Å². The molecule has 0 radical (unpaired) electrons. The van der Waals surface area contributed by atoms with Crippen LogP contribution in [0.15, 0.2) is 12.4 Å². The predicted octanol–water partition coefficient (Wildman–Crippen LogP) is 1.89. The third-order valence-electron chi connectivity index (χ3n) is 4.68. The van der Waals surface area contributed by atoms with Crippen LogP contribution in [0.3, 0.4) is 0 Å². The Balaban J connectivity index is 1.54. The molecule has 2 saturated heterocycles. The largest absolute Gasteiger partial charge is 0.354 e. The fourth-order valence-electron chi connectivity index (χ4n) is 3.51. The second-order valence-electron chi connectivity index (χ2n) is 6.56. The first-order chi connectivity index (χ1) is 11.3. The van der Waals surface area contributed by atoms with Crippen LogP contribution in [0.5, 0.6) is 0 Å². The van der Waals surface area contributed by atoms with E-state index in [1.165, 1.54) is 0 Å². The van der Waals surface area contributed by atoms with Crippen LogP contribution in [0, 0.1) is 0 Å². The Morgan fingerprint density at radius 3 is 2.78 bits per heavy atom. The minimum atomic E-state index is 0.339. The zero-order valence-corrected chi connectivity index (χ0v) is 14.0. The maximum Gasteiger partial charge on any atom is 0.222 e. The van der Waals surface area contributed by atoms with Crippen molar-refractivity contribution in [3.8, 4) is 0 Å². The van der Waals surface area contributed by atoms with Crippen molar-refractivity contribution < 1.29 is 4.79 Å². The number of amides is 1. The smallest absolute Gasteiger partial charge is 0.222 e. The molecule has 1 N–H and O–H groups in total. The zero-order chi connectivity index (χ0) is 16.1. The molecule has 0 bridgehead atoms. The molecule has 1 aromatic rings. The lowest BCUT2D eigenvalue weighted by Crippen LogP contribution is -2.48. The number of rotatable bonds is 6.